The van der Waals surface area contributed by atoms with Gasteiger partial charge in [0.25, 0.3) is 0 Å². The lowest BCUT2D eigenvalue weighted by Gasteiger charge is -2.24. The van der Waals surface area contributed by atoms with Crippen molar-refractivity contribution in [1.29, 1.82) is 0 Å². The van der Waals surface area contributed by atoms with Gasteiger partial charge in [-0.2, -0.15) is 0 Å². The number of carbonyl (C=O) groups excluding carboxylic acids is 1. The molecule has 19 heavy (non-hydrogen) atoms. The molecule has 1 aromatic rings. The number of thiocarbonyl (C=S) groups is 1. The second kappa shape index (κ2) is 6.94. The molecule has 6 heteroatoms. The lowest BCUT2D eigenvalue weighted by Crippen LogP contribution is -2.40. The van der Waals surface area contributed by atoms with Gasteiger partial charge in [-0.25, -0.2) is 4.79 Å². The number of rotatable bonds is 5. The van der Waals surface area contributed by atoms with Crippen molar-refractivity contribution in [3.63, 3.8) is 0 Å². The lowest BCUT2D eigenvalue weighted by molar-refractivity contribution is 0.209. The Labute approximate surface area is 118 Å². The van der Waals surface area contributed by atoms with Crippen LogP contribution in [0.25, 0.3) is 0 Å². The normalized spacial score (nSPS) is 11.5. The van der Waals surface area contributed by atoms with Crippen LogP contribution in [0.2, 0.25) is 0 Å². The van der Waals surface area contributed by atoms with Gasteiger partial charge < -0.3 is 20.7 Å². The third kappa shape index (κ3) is 4.75. The molecule has 0 aliphatic carbocycles. The van der Waals surface area contributed by atoms with E-state index in [0.29, 0.717) is 22.8 Å². The summed E-state index contributed by atoms with van der Waals surface area (Å²) in [7, 11) is 3.29. The number of nitrogens with two attached hydrogens (primary N) is 1. The smallest absolute Gasteiger partial charge is 0.321 e. The molecule has 3 N–H and O–H groups in total. The van der Waals surface area contributed by atoms with Gasteiger partial charge in [0.05, 0.1) is 12.1 Å². The summed E-state index contributed by atoms with van der Waals surface area (Å²) >= 11 is 4.84. The molecule has 0 aromatic heterocycles. The third-order valence-corrected chi connectivity index (χ3v) is 2.97. The predicted molar refractivity (Wildman–Crippen MR) is 80.6 cm³/mol. The van der Waals surface area contributed by atoms with E-state index in [4.69, 9.17) is 22.7 Å². The highest BCUT2D eigenvalue weighted by Crippen LogP contribution is 2.17. The van der Waals surface area contributed by atoms with Crippen LogP contribution in [0.3, 0.4) is 0 Å². The van der Waals surface area contributed by atoms with E-state index in [2.05, 4.69) is 5.32 Å². The molecule has 0 spiro atoms. The summed E-state index contributed by atoms with van der Waals surface area (Å²) in [5.41, 5.74) is 6.16. The number of nitrogens with one attached hydrogen (secondary N) is 1. The Morgan fingerprint density at radius 3 is 2.84 bits per heavy atom. The molecule has 0 heterocycles. The summed E-state index contributed by atoms with van der Waals surface area (Å²) < 4.78 is 5.10. The maximum Gasteiger partial charge on any atom is 0.321 e. The van der Waals surface area contributed by atoms with Gasteiger partial charge in [0.1, 0.15) is 5.75 Å². The van der Waals surface area contributed by atoms with Crippen molar-refractivity contribution in [2.24, 2.45) is 5.73 Å². The number of methoxy groups -OCH3 is 1. The molecule has 0 fully saturated rings. The Hall–Kier alpha value is -1.82. The van der Waals surface area contributed by atoms with Crippen LogP contribution >= 0.6 is 12.2 Å². The fraction of sp³-hybridized carbons (Fsp3) is 0.385. The molecule has 1 aromatic carbocycles. The maximum atomic E-state index is 12.0. The molecule has 0 aliphatic heterocycles. The van der Waals surface area contributed by atoms with E-state index in [0.717, 1.165) is 0 Å². The summed E-state index contributed by atoms with van der Waals surface area (Å²) in [6.07, 6.45) is 0.497. The van der Waals surface area contributed by atoms with Crippen LogP contribution < -0.4 is 15.8 Å². The maximum absolute atomic E-state index is 12.0. The van der Waals surface area contributed by atoms with Crippen LogP contribution in [-0.2, 0) is 0 Å². The molecule has 0 radical (unpaired) electrons. The lowest BCUT2D eigenvalue weighted by atomic mass is 10.2. The molecule has 0 saturated carbocycles. The van der Waals surface area contributed by atoms with Crippen molar-refractivity contribution in [2.45, 2.75) is 19.4 Å². The first-order chi connectivity index (χ1) is 8.93. The van der Waals surface area contributed by atoms with Gasteiger partial charge in [-0.05, 0) is 19.1 Å². The van der Waals surface area contributed by atoms with Crippen LogP contribution in [0.15, 0.2) is 24.3 Å². The average Bonchev–Trinajstić information content (AvgIpc) is 2.37. The highest BCUT2D eigenvalue weighted by Gasteiger charge is 2.16. The fourth-order valence-corrected chi connectivity index (χ4v) is 1.78. The Bertz CT molecular complexity index is 465. The van der Waals surface area contributed by atoms with Gasteiger partial charge in [0, 0.05) is 31.3 Å². The third-order valence-electron chi connectivity index (χ3n) is 2.80. The monoisotopic (exact) mass is 281 g/mol. The topological polar surface area (TPSA) is 67.6 Å². The minimum absolute atomic E-state index is 0.0527. The SMILES string of the molecule is COc1cccc(NC(=O)N(C)C(C)CC(N)=S)c1. The number of anilines is 1. The highest BCUT2D eigenvalue weighted by molar-refractivity contribution is 7.80. The number of urea groups is 1. The van der Waals surface area contributed by atoms with E-state index in [1.54, 1.807) is 31.2 Å². The minimum Gasteiger partial charge on any atom is -0.497 e. The highest BCUT2D eigenvalue weighted by atomic mass is 32.1. The van der Waals surface area contributed by atoms with Crippen LogP contribution in [-0.4, -0.2) is 36.1 Å². The van der Waals surface area contributed by atoms with Gasteiger partial charge in [-0.15, -0.1) is 0 Å². The summed E-state index contributed by atoms with van der Waals surface area (Å²) in [5.74, 6) is 0.691. The number of benzene rings is 1. The average molecular weight is 281 g/mol. The Morgan fingerprint density at radius 1 is 1.58 bits per heavy atom. The van der Waals surface area contributed by atoms with Crippen molar-refractivity contribution < 1.29 is 9.53 Å². The zero-order valence-corrected chi connectivity index (χ0v) is 12.2. The van der Waals surface area contributed by atoms with E-state index in [9.17, 15) is 4.79 Å². The van der Waals surface area contributed by atoms with Gasteiger partial charge in [0.15, 0.2) is 0 Å². The van der Waals surface area contributed by atoms with E-state index in [1.165, 1.54) is 0 Å². The summed E-state index contributed by atoms with van der Waals surface area (Å²) in [4.78, 5) is 14.0. The molecule has 104 valence electrons. The predicted octanol–water partition coefficient (Wildman–Crippen LogP) is 2.22. The second-order valence-electron chi connectivity index (χ2n) is 4.29. The molecule has 1 rings (SSSR count). The summed E-state index contributed by atoms with van der Waals surface area (Å²) in [6.45, 7) is 1.89. The molecule has 2 amide bonds. The quantitative estimate of drug-likeness (QED) is 0.812. The van der Waals surface area contributed by atoms with Gasteiger partial charge >= 0.3 is 6.03 Å². The summed E-state index contributed by atoms with van der Waals surface area (Å²) in [5, 5.41) is 2.79. The van der Waals surface area contributed by atoms with Crippen LogP contribution in [0.4, 0.5) is 10.5 Å². The molecule has 0 saturated heterocycles. The number of hydrogen-bond acceptors (Lipinski definition) is 3. The first-order valence-corrected chi connectivity index (χ1v) is 6.31. The fourth-order valence-electron chi connectivity index (χ4n) is 1.54. The Kier molecular flexibility index (Phi) is 5.57. The first-order valence-electron chi connectivity index (χ1n) is 5.90. The molecule has 5 nitrogen and oxygen atoms in total. The standard InChI is InChI=1S/C13H19N3O2S/c1-9(7-12(14)19)16(2)13(17)15-10-5-4-6-11(8-10)18-3/h4-6,8-9H,7H2,1-3H3,(H2,14,19)(H,15,17). The molecule has 1 unspecified atom stereocenters. The largest absolute Gasteiger partial charge is 0.497 e. The summed E-state index contributed by atoms with van der Waals surface area (Å²) in [6, 6.07) is 6.91. The van der Waals surface area contributed by atoms with Crippen molar-refractivity contribution in [3.05, 3.63) is 24.3 Å². The minimum atomic E-state index is -0.211. The number of carbonyl (C=O) groups is 1. The number of hydrogen-bond donors (Lipinski definition) is 2. The van der Waals surface area contributed by atoms with E-state index >= 15 is 0 Å². The van der Waals surface area contributed by atoms with Crippen molar-refractivity contribution in [2.75, 3.05) is 19.5 Å². The van der Waals surface area contributed by atoms with Gasteiger partial charge in [-0.3, -0.25) is 0 Å². The van der Waals surface area contributed by atoms with Crippen LogP contribution in [0.1, 0.15) is 13.3 Å². The molecular weight excluding hydrogens is 262 g/mol. The first kappa shape index (κ1) is 15.2. The van der Waals surface area contributed by atoms with Crippen LogP contribution in [0, 0.1) is 0 Å². The Morgan fingerprint density at radius 2 is 2.26 bits per heavy atom. The second-order valence-corrected chi connectivity index (χ2v) is 4.82. The van der Waals surface area contributed by atoms with Gasteiger partial charge in [-0.1, -0.05) is 18.3 Å². The number of nitrogens with zero attached hydrogens (tertiary/aromatic N) is 1. The Balaban J connectivity index is 2.65. The van der Waals surface area contributed by atoms with Crippen molar-refractivity contribution in [1.82, 2.24) is 4.90 Å². The van der Waals surface area contributed by atoms with E-state index in [-0.39, 0.29) is 12.1 Å². The van der Waals surface area contributed by atoms with E-state index in [1.807, 2.05) is 19.1 Å². The van der Waals surface area contributed by atoms with Crippen molar-refractivity contribution in [3.8, 4) is 5.75 Å². The zero-order chi connectivity index (χ0) is 14.4. The zero-order valence-electron chi connectivity index (χ0n) is 11.3. The molecule has 0 bridgehead atoms. The van der Waals surface area contributed by atoms with Crippen LogP contribution in [0.5, 0.6) is 5.75 Å². The molecule has 1 atom stereocenters. The van der Waals surface area contributed by atoms with Crippen molar-refractivity contribution >= 4 is 28.9 Å². The van der Waals surface area contributed by atoms with E-state index < -0.39 is 0 Å². The molecule has 0 aliphatic rings. The number of amides is 2. The van der Waals surface area contributed by atoms with Gasteiger partial charge in [0.2, 0.25) is 0 Å². The molecular formula is C13H19N3O2S. The number of ether oxygens (including phenoxy) is 1.